The number of benzene rings is 1. The van der Waals surface area contributed by atoms with Crippen molar-refractivity contribution in [2.45, 2.75) is 24.6 Å². The maximum absolute atomic E-state index is 12.0. The highest BCUT2D eigenvalue weighted by Crippen LogP contribution is 2.22. The molecule has 2 atom stereocenters. The number of carbonyl (C=O) groups is 3. The Morgan fingerprint density at radius 1 is 1.43 bits per heavy atom. The zero-order chi connectivity index (χ0) is 15.4. The Morgan fingerprint density at radius 3 is 2.76 bits per heavy atom. The zero-order valence-corrected chi connectivity index (χ0v) is 12.3. The number of amides is 2. The standard InChI is InChI=1S/C14H16N2O4S/c1-8-4-2-3-5-9(8)15-12(17)6-11-13(18)16-10(7-21-11)14(19)20/h2-5,10-11H,6-7H2,1H3,(H,15,17)(H,16,18)(H,19,20)/t10-,11+/m1/s1. The van der Waals surface area contributed by atoms with Crippen LogP contribution in [0.1, 0.15) is 12.0 Å². The molecule has 1 saturated heterocycles. The van der Waals surface area contributed by atoms with Gasteiger partial charge in [-0.2, -0.15) is 0 Å². The van der Waals surface area contributed by atoms with Gasteiger partial charge < -0.3 is 15.7 Å². The van der Waals surface area contributed by atoms with Crippen LogP contribution in [0.5, 0.6) is 0 Å². The van der Waals surface area contributed by atoms with Crippen molar-refractivity contribution in [2.24, 2.45) is 0 Å². The van der Waals surface area contributed by atoms with Crippen LogP contribution in [0.3, 0.4) is 0 Å². The number of hydrogen-bond donors (Lipinski definition) is 3. The predicted octanol–water partition coefficient (Wildman–Crippen LogP) is 1.01. The van der Waals surface area contributed by atoms with E-state index in [1.807, 2.05) is 25.1 Å². The van der Waals surface area contributed by atoms with E-state index in [2.05, 4.69) is 10.6 Å². The van der Waals surface area contributed by atoms with Gasteiger partial charge in [-0.15, -0.1) is 11.8 Å². The number of carboxylic acid groups (broad SMARTS) is 1. The quantitative estimate of drug-likeness (QED) is 0.771. The smallest absolute Gasteiger partial charge is 0.327 e. The number of anilines is 1. The average Bonchev–Trinajstić information content (AvgIpc) is 2.43. The van der Waals surface area contributed by atoms with E-state index in [0.717, 1.165) is 5.56 Å². The maximum Gasteiger partial charge on any atom is 0.327 e. The summed E-state index contributed by atoms with van der Waals surface area (Å²) >= 11 is 1.20. The van der Waals surface area contributed by atoms with E-state index in [9.17, 15) is 14.4 Å². The van der Waals surface area contributed by atoms with Crippen LogP contribution >= 0.6 is 11.8 Å². The molecule has 7 heteroatoms. The molecule has 6 nitrogen and oxygen atoms in total. The molecular weight excluding hydrogens is 292 g/mol. The summed E-state index contributed by atoms with van der Waals surface area (Å²) in [5, 5.41) is 13.5. The number of carboxylic acids is 1. The minimum atomic E-state index is -1.06. The molecule has 0 bridgehead atoms. The van der Waals surface area contributed by atoms with Gasteiger partial charge in [-0.05, 0) is 18.6 Å². The van der Waals surface area contributed by atoms with Gasteiger partial charge in [0, 0.05) is 17.9 Å². The first kappa shape index (κ1) is 15.4. The van der Waals surface area contributed by atoms with E-state index in [1.165, 1.54) is 11.8 Å². The van der Waals surface area contributed by atoms with Gasteiger partial charge in [0.25, 0.3) is 0 Å². The Kier molecular flexibility index (Phi) is 4.85. The Hall–Kier alpha value is -2.02. The SMILES string of the molecule is Cc1ccccc1NC(=O)C[C@@H]1SC[C@H](C(=O)O)NC1=O. The highest BCUT2D eigenvalue weighted by molar-refractivity contribution is 8.00. The fourth-order valence-electron chi connectivity index (χ4n) is 1.96. The number of nitrogens with one attached hydrogen (secondary N) is 2. The number of aryl methyl sites for hydroxylation is 1. The maximum atomic E-state index is 12.0. The number of carbonyl (C=O) groups excluding carboxylic acids is 2. The van der Waals surface area contributed by atoms with Gasteiger partial charge in [0.05, 0.1) is 5.25 Å². The van der Waals surface area contributed by atoms with E-state index in [0.29, 0.717) is 5.69 Å². The zero-order valence-electron chi connectivity index (χ0n) is 11.5. The van der Waals surface area contributed by atoms with Crippen molar-refractivity contribution >= 4 is 35.2 Å². The molecular formula is C14H16N2O4S. The summed E-state index contributed by atoms with van der Waals surface area (Å²) in [5.74, 6) is -1.45. The van der Waals surface area contributed by atoms with Gasteiger partial charge in [0.1, 0.15) is 6.04 Å². The third kappa shape index (κ3) is 3.98. The topological polar surface area (TPSA) is 95.5 Å². The summed E-state index contributed by atoms with van der Waals surface area (Å²) in [6.45, 7) is 1.88. The molecule has 0 aliphatic carbocycles. The fourth-order valence-corrected chi connectivity index (χ4v) is 3.10. The molecule has 0 unspecified atom stereocenters. The van der Waals surface area contributed by atoms with Crippen molar-refractivity contribution < 1.29 is 19.5 Å². The molecule has 2 amide bonds. The largest absolute Gasteiger partial charge is 0.480 e. The molecule has 3 N–H and O–H groups in total. The van der Waals surface area contributed by atoms with Gasteiger partial charge >= 0.3 is 5.97 Å². The van der Waals surface area contributed by atoms with E-state index < -0.39 is 23.2 Å². The second kappa shape index (κ2) is 6.62. The van der Waals surface area contributed by atoms with E-state index in [1.54, 1.807) is 6.07 Å². The van der Waals surface area contributed by atoms with Gasteiger partial charge in [-0.25, -0.2) is 4.79 Å². The molecule has 0 saturated carbocycles. The van der Waals surface area contributed by atoms with Crippen LogP contribution < -0.4 is 10.6 Å². The minimum Gasteiger partial charge on any atom is -0.480 e. The summed E-state index contributed by atoms with van der Waals surface area (Å²) in [7, 11) is 0. The lowest BCUT2D eigenvalue weighted by molar-refractivity contribution is -0.141. The first-order chi connectivity index (χ1) is 9.97. The van der Waals surface area contributed by atoms with Crippen molar-refractivity contribution in [2.75, 3.05) is 11.1 Å². The molecule has 2 rings (SSSR count). The number of para-hydroxylation sites is 1. The number of aliphatic carboxylic acids is 1. The molecule has 112 valence electrons. The van der Waals surface area contributed by atoms with Crippen LogP contribution in [0, 0.1) is 6.92 Å². The number of thioether (sulfide) groups is 1. The van der Waals surface area contributed by atoms with Crippen LogP contribution in [0.4, 0.5) is 5.69 Å². The fraction of sp³-hybridized carbons (Fsp3) is 0.357. The molecule has 1 aromatic carbocycles. The van der Waals surface area contributed by atoms with E-state index >= 15 is 0 Å². The minimum absolute atomic E-state index is 0.0250. The summed E-state index contributed by atoms with van der Waals surface area (Å²) in [6.07, 6.45) is 0.0250. The summed E-state index contributed by atoms with van der Waals surface area (Å²) in [5.41, 5.74) is 1.66. The van der Waals surface area contributed by atoms with Gasteiger partial charge in [-0.3, -0.25) is 9.59 Å². The molecule has 0 radical (unpaired) electrons. The molecule has 0 spiro atoms. The Bertz CT molecular complexity index is 576. The molecule has 1 aliphatic rings. The second-order valence-electron chi connectivity index (χ2n) is 4.79. The normalized spacial score (nSPS) is 21.5. The summed E-state index contributed by atoms with van der Waals surface area (Å²) < 4.78 is 0. The van der Waals surface area contributed by atoms with Crippen molar-refractivity contribution in [1.82, 2.24) is 5.32 Å². The Balaban J connectivity index is 1.90. The molecule has 1 heterocycles. The third-order valence-corrected chi connectivity index (χ3v) is 4.47. The summed E-state index contributed by atoms with van der Waals surface area (Å²) in [6, 6.07) is 6.50. The molecule has 21 heavy (non-hydrogen) atoms. The van der Waals surface area contributed by atoms with E-state index in [4.69, 9.17) is 5.11 Å². The molecule has 1 aliphatic heterocycles. The molecule has 1 fully saturated rings. The number of rotatable bonds is 4. The lowest BCUT2D eigenvalue weighted by Gasteiger charge is -2.25. The molecule has 0 aromatic heterocycles. The third-order valence-electron chi connectivity index (χ3n) is 3.16. The lowest BCUT2D eigenvalue weighted by atomic mass is 10.2. The van der Waals surface area contributed by atoms with Gasteiger partial charge in [-0.1, -0.05) is 18.2 Å². The van der Waals surface area contributed by atoms with Crippen LogP contribution in [0.25, 0.3) is 0 Å². The number of hydrogen-bond acceptors (Lipinski definition) is 4. The van der Waals surface area contributed by atoms with Crippen molar-refractivity contribution in [3.8, 4) is 0 Å². The highest BCUT2D eigenvalue weighted by Gasteiger charge is 2.33. The first-order valence-electron chi connectivity index (χ1n) is 6.47. The Morgan fingerprint density at radius 2 is 2.14 bits per heavy atom. The lowest BCUT2D eigenvalue weighted by Crippen LogP contribution is -2.51. The van der Waals surface area contributed by atoms with E-state index in [-0.39, 0.29) is 18.1 Å². The monoisotopic (exact) mass is 308 g/mol. The van der Waals surface area contributed by atoms with Crippen molar-refractivity contribution in [3.05, 3.63) is 29.8 Å². The Labute approximate surface area is 126 Å². The van der Waals surface area contributed by atoms with Crippen LogP contribution in [-0.4, -0.2) is 39.9 Å². The van der Waals surface area contributed by atoms with Crippen LogP contribution in [-0.2, 0) is 14.4 Å². The van der Waals surface area contributed by atoms with Crippen LogP contribution in [0.15, 0.2) is 24.3 Å². The first-order valence-corrected chi connectivity index (χ1v) is 7.52. The van der Waals surface area contributed by atoms with Gasteiger partial charge in [0.15, 0.2) is 0 Å². The highest BCUT2D eigenvalue weighted by atomic mass is 32.2. The summed E-state index contributed by atoms with van der Waals surface area (Å²) in [4.78, 5) is 34.6. The average molecular weight is 308 g/mol. The molecule has 1 aromatic rings. The van der Waals surface area contributed by atoms with Crippen molar-refractivity contribution in [3.63, 3.8) is 0 Å². The van der Waals surface area contributed by atoms with Gasteiger partial charge in [0.2, 0.25) is 11.8 Å². The van der Waals surface area contributed by atoms with Crippen LogP contribution in [0.2, 0.25) is 0 Å². The second-order valence-corrected chi connectivity index (χ2v) is 6.02. The predicted molar refractivity (Wildman–Crippen MR) is 80.2 cm³/mol. The van der Waals surface area contributed by atoms with Crippen molar-refractivity contribution in [1.29, 1.82) is 0 Å².